The quantitative estimate of drug-likeness (QED) is 0.876. The van der Waals surface area contributed by atoms with Crippen molar-refractivity contribution in [1.29, 1.82) is 0 Å². The molecule has 5 heteroatoms. The molecule has 3 nitrogen and oxygen atoms in total. The Morgan fingerprint density at radius 1 is 1.44 bits per heavy atom. The molecule has 16 heavy (non-hydrogen) atoms. The van der Waals surface area contributed by atoms with Gasteiger partial charge in [0.1, 0.15) is 5.75 Å². The van der Waals surface area contributed by atoms with Crippen LogP contribution in [0.1, 0.15) is 12.6 Å². The molecule has 2 N–H and O–H groups in total. The first-order valence-corrected chi connectivity index (χ1v) is 6.53. The van der Waals surface area contributed by atoms with E-state index in [1.807, 2.05) is 17.5 Å². The van der Waals surface area contributed by atoms with Crippen molar-refractivity contribution >= 4 is 33.0 Å². The number of hydrogen-bond acceptors (Lipinski definition) is 4. The molecule has 0 bridgehead atoms. The third-order valence-corrected chi connectivity index (χ3v) is 3.22. The van der Waals surface area contributed by atoms with Crippen LogP contribution >= 0.6 is 27.3 Å². The molecule has 0 saturated heterocycles. The number of rotatable bonds is 3. The Labute approximate surface area is 106 Å². The fourth-order valence-electron chi connectivity index (χ4n) is 1.24. The Hall–Kier alpha value is -1.07. The van der Waals surface area contributed by atoms with Crippen LogP contribution in [-0.4, -0.2) is 4.98 Å². The largest absolute Gasteiger partial charge is 0.431 e. The maximum atomic E-state index is 5.72. The molecular weight excluding hydrogens is 288 g/mol. The lowest BCUT2D eigenvalue weighted by molar-refractivity contribution is 0.477. The van der Waals surface area contributed by atoms with E-state index in [-0.39, 0.29) is 0 Å². The second kappa shape index (κ2) is 4.84. The topological polar surface area (TPSA) is 48.1 Å². The smallest absolute Gasteiger partial charge is 0.278 e. The summed E-state index contributed by atoms with van der Waals surface area (Å²) in [6, 6.07) is 5.47. The number of nitrogens with zero attached hydrogens (tertiary/aromatic N) is 1. The summed E-state index contributed by atoms with van der Waals surface area (Å²) in [6.45, 7) is 2.07. The van der Waals surface area contributed by atoms with Crippen molar-refractivity contribution < 1.29 is 4.74 Å². The van der Waals surface area contributed by atoms with Gasteiger partial charge in [0.05, 0.1) is 5.69 Å². The zero-order valence-electron chi connectivity index (χ0n) is 8.74. The van der Waals surface area contributed by atoms with Crippen LogP contribution in [0.3, 0.4) is 0 Å². The van der Waals surface area contributed by atoms with Gasteiger partial charge in [0.15, 0.2) is 0 Å². The Morgan fingerprint density at radius 3 is 2.88 bits per heavy atom. The second-order valence-corrected chi connectivity index (χ2v) is 5.02. The molecule has 0 aliphatic carbocycles. The molecule has 84 valence electrons. The van der Waals surface area contributed by atoms with Gasteiger partial charge in [-0.15, -0.1) is 0 Å². The molecule has 0 aliphatic heterocycles. The van der Waals surface area contributed by atoms with E-state index < -0.39 is 0 Å². The molecule has 0 saturated carbocycles. The van der Waals surface area contributed by atoms with Crippen molar-refractivity contribution in [2.45, 2.75) is 13.3 Å². The summed E-state index contributed by atoms with van der Waals surface area (Å²) < 4.78 is 6.52. The molecule has 0 unspecified atom stereocenters. The second-order valence-electron chi connectivity index (χ2n) is 3.28. The van der Waals surface area contributed by atoms with Crippen LogP contribution in [-0.2, 0) is 6.42 Å². The number of benzene rings is 1. The van der Waals surface area contributed by atoms with Gasteiger partial charge in [-0.2, -0.15) is 0 Å². The van der Waals surface area contributed by atoms with Crippen molar-refractivity contribution in [3.63, 3.8) is 0 Å². The normalized spacial score (nSPS) is 10.4. The molecule has 1 heterocycles. The van der Waals surface area contributed by atoms with Gasteiger partial charge in [-0.1, -0.05) is 34.2 Å². The van der Waals surface area contributed by atoms with Gasteiger partial charge in [0.25, 0.3) is 5.19 Å². The molecular formula is C11H11BrN2OS. The average Bonchev–Trinajstić information content (AvgIpc) is 2.64. The van der Waals surface area contributed by atoms with Gasteiger partial charge in [-0.3, -0.25) is 0 Å². The van der Waals surface area contributed by atoms with E-state index in [0.29, 0.717) is 16.6 Å². The van der Waals surface area contributed by atoms with E-state index >= 15 is 0 Å². The van der Waals surface area contributed by atoms with Crippen molar-refractivity contribution in [3.8, 4) is 10.9 Å². The van der Waals surface area contributed by atoms with Crippen molar-refractivity contribution in [2.75, 3.05) is 5.73 Å². The summed E-state index contributed by atoms with van der Waals surface area (Å²) in [5.41, 5.74) is 7.43. The standard InChI is InChI=1S/C11H11BrN2OS/c1-2-9-6-16-11(14-9)15-10-4-7(12)3-8(13)5-10/h3-6H,2,13H2,1H3. The van der Waals surface area contributed by atoms with E-state index in [0.717, 1.165) is 16.6 Å². The van der Waals surface area contributed by atoms with E-state index in [9.17, 15) is 0 Å². The van der Waals surface area contributed by atoms with Crippen LogP contribution in [0.15, 0.2) is 28.1 Å². The Kier molecular flexibility index (Phi) is 3.46. The summed E-state index contributed by atoms with van der Waals surface area (Å²) in [6.07, 6.45) is 0.917. The number of nitrogen functional groups attached to an aromatic ring is 1. The van der Waals surface area contributed by atoms with Crippen molar-refractivity contribution in [3.05, 3.63) is 33.7 Å². The summed E-state index contributed by atoms with van der Waals surface area (Å²) in [5.74, 6) is 0.698. The highest BCUT2D eigenvalue weighted by Crippen LogP contribution is 2.29. The maximum Gasteiger partial charge on any atom is 0.278 e. The van der Waals surface area contributed by atoms with Crippen molar-refractivity contribution in [2.24, 2.45) is 0 Å². The highest BCUT2D eigenvalue weighted by Gasteiger charge is 2.04. The third-order valence-electron chi connectivity index (χ3n) is 1.99. The number of aryl methyl sites for hydroxylation is 1. The molecule has 1 aromatic heterocycles. The van der Waals surface area contributed by atoms with Crippen molar-refractivity contribution in [1.82, 2.24) is 4.98 Å². The molecule has 0 atom stereocenters. The zero-order valence-corrected chi connectivity index (χ0v) is 11.1. The monoisotopic (exact) mass is 298 g/mol. The molecule has 2 aromatic rings. The van der Waals surface area contributed by atoms with E-state index in [2.05, 4.69) is 27.8 Å². The summed E-state index contributed by atoms with van der Waals surface area (Å²) in [4.78, 5) is 4.32. The van der Waals surface area contributed by atoms with Gasteiger partial charge < -0.3 is 10.5 Å². The molecule has 0 aliphatic rings. The van der Waals surface area contributed by atoms with Gasteiger partial charge in [-0.25, -0.2) is 4.98 Å². The maximum absolute atomic E-state index is 5.72. The van der Waals surface area contributed by atoms with Crippen LogP contribution in [0.25, 0.3) is 0 Å². The SMILES string of the molecule is CCc1csc(Oc2cc(N)cc(Br)c2)n1. The Bertz CT molecular complexity index is 478. The van der Waals surface area contributed by atoms with Gasteiger partial charge >= 0.3 is 0 Å². The molecule has 0 spiro atoms. The lowest BCUT2D eigenvalue weighted by atomic mass is 10.3. The molecule has 2 rings (SSSR count). The lowest BCUT2D eigenvalue weighted by Gasteiger charge is -2.03. The van der Waals surface area contributed by atoms with Crippen LogP contribution in [0.2, 0.25) is 0 Å². The Balaban J connectivity index is 2.19. The van der Waals surface area contributed by atoms with Gasteiger partial charge in [0, 0.05) is 21.6 Å². The van der Waals surface area contributed by atoms with Gasteiger partial charge in [-0.05, 0) is 18.6 Å². The third kappa shape index (κ3) is 2.74. The van der Waals surface area contributed by atoms with E-state index in [1.54, 1.807) is 6.07 Å². The fourth-order valence-corrected chi connectivity index (χ4v) is 2.50. The number of aromatic nitrogens is 1. The summed E-state index contributed by atoms with van der Waals surface area (Å²) in [7, 11) is 0. The number of ether oxygens (including phenoxy) is 1. The highest BCUT2D eigenvalue weighted by atomic mass is 79.9. The van der Waals surface area contributed by atoms with Crippen LogP contribution < -0.4 is 10.5 Å². The number of nitrogens with two attached hydrogens (primary N) is 1. The highest BCUT2D eigenvalue weighted by molar-refractivity contribution is 9.10. The number of hydrogen-bond donors (Lipinski definition) is 1. The molecule has 0 amide bonds. The van der Waals surface area contributed by atoms with E-state index in [4.69, 9.17) is 10.5 Å². The predicted octanol–water partition coefficient (Wildman–Crippen LogP) is 3.84. The molecule has 1 aromatic carbocycles. The van der Waals surface area contributed by atoms with Crippen LogP contribution in [0, 0.1) is 0 Å². The van der Waals surface area contributed by atoms with E-state index in [1.165, 1.54) is 11.3 Å². The van der Waals surface area contributed by atoms with Crippen LogP contribution in [0.5, 0.6) is 10.9 Å². The first-order valence-electron chi connectivity index (χ1n) is 4.85. The number of halogens is 1. The first-order chi connectivity index (χ1) is 7.67. The molecule has 0 fully saturated rings. The Morgan fingerprint density at radius 2 is 2.25 bits per heavy atom. The molecule has 0 radical (unpaired) electrons. The first kappa shape index (κ1) is 11.4. The summed E-state index contributed by atoms with van der Waals surface area (Å²) in [5, 5.41) is 2.64. The average molecular weight is 299 g/mol. The summed E-state index contributed by atoms with van der Waals surface area (Å²) >= 11 is 4.86. The number of anilines is 1. The lowest BCUT2D eigenvalue weighted by Crippen LogP contribution is -1.88. The minimum absolute atomic E-state index is 0.648. The fraction of sp³-hybridized carbons (Fsp3) is 0.182. The zero-order chi connectivity index (χ0) is 11.5. The minimum Gasteiger partial charge on any atom is -0.431 e. The predicted molar refractivity (Wildman–Crippen MR) is 70.1 cm³/mol. The van der Waals surface area contributed by atoms with Gasteiger partial charge in [0.2, 0.25) is 0 Å². The number of thiazole rings is 1. The minimum atomic E-state index is 0.648. The van der Waals surface area contributed by atoms with Crippen LogP contribution in [0.4, 0.5) is 5.69 Å².